The molecule has 0 aliphatic heterocycles. The summed E-state index contributed by atoms with van der Waals surface area (Å²) in [5.74, 6) is 3.01. The van der Waals surface area contributed by atoms with Crippen LogP contribution in [0, 0.1) is 17.8 Å². The zero-order valence-electron chi connectivity index (χ0n) is 11.6. The van der Waals surface area contributed by atoms with Crippen LogP contribution in [0.2, 0.25) is 0 Å². The van der Waals surface area contributed by atoms with Crippen molar-refractivity contribution in [1.29, 1.82) is 0 Å². The standard InChI is InChI=1S/C15H25N3/c1-3-18-10-15(9-17-18)11(2)16-8-14-7-12-4-5-13(14)6-12/h9-14,16H,3-8H2,1-2H3. The molecule has 4 atom stereocenters. The molecule has 0 radical (unpaired) electrons. The highest BCUT2D eigenvalue weighted by Crippen LogP contribution is 2.48. The van der Waals surface area contributed by atoms with Crippen molar-refractivity contribution in [2.24, 2.45) is 17.8 Å². The van der Waals surface area contributed by atoms with Crippen molar-refractivity contribution in [3.8, 4) is 0 Å². The highest BCUT2D eigenvalue weighted by atomic mass is 15.3. The third kappa shape index (κ3) is 2.33. The van der Waals surface area contributed by atoms with Gasteiger partial charge in [0.1, 0.15) is 0 Å². The highest BCUT2D eigenvalue weighted by molar-refractivity contribution is 5.09. The minimum absolute atomic E-state index is 0.435. The average Bonchev–Trinajstić information content (AvgIpc) is 3.10. The number of aryl methyl sites for hydroxylation is 1. The largest absolute Gasteiger partial charge is 0.310 e. The van der Waals surface area contributed by atoms with E-state index in [-0.39, 0.29) is 0 Å². The molecule has 1 aromatic heterocycles. The Morgan fingerprint density at radius 2 is 2.33 bits per heavy atom. The molecule has 1 heterocycles. The van der Waals surface area contributed by atoms with Crippen LogP contribution in [0.15, 0.2) is 12.4 Å². The molecular formula is C15H25N3. The van der Waals surface area contributed by atoms with Gasteiger partial charge in [-0.2, -0.15) is 5.10 Å². The van der Waals surface area contributed by atoms with E-state index in [0.717, 1.165) is 24.3 Å². The van der Waals surface area contributed by atoms with Gasteiger partial charge < -0.3 is 5.32 Å². The minimum atomic E-state index is 0.435. The summed E-state index contributed by atoms with van der Waals surface area (Å²) in [5.41, 5.74) is 1.32. The second-order valence-corrected chi connectivity index (χ2v) is 6.19. The molecule has 2 bridgehead atoms. The smallest absolute Gasteiger partial charge is 0.0537 e. The summed E-state index contributed by atoms with van der Waals surface area (Å²) in [6, 6.07) is 0.435. The van der Waals surface area contributed by atoms with E-state index in [1.165, 1.54) is 37.8 Å². The number of hydrogen-bond donors (Lipinski definition) is 1. The molecule has 2 aliphatic rings. The van der Waals surface area contributed by atoms with Crippen LogP contribution >= 0.6 is 0 Å². The molecule has 4 unspecified atom stereocenters. The van der Waals surface area contributed by atoms with Crippen molar-refractivity contribution in [3.05, 3.63) is 18.0 Å². The molecule has 3 rings (SSSR count). The number of hydrogen-bond acceptors (Lipinski definition) is 2. The first-order valence-electron chi connectivity index (χ1n) is 7.52. The molecule has 0 saturated heterocycles. The average molecular weight is 247 g/mol. The summed E-state index contributed by atoms with van der Waals surface area (Å²) in [4.78, 5) is 0. The van der Waals surface area contributed by atoms with E-state index < -0.39 is 0 Å². The zero-order chi connectivity index (χ0) is 12.5. The third-order valence-electron chi connectivity index (χ3n) is 5.05. The van der Waals surface area contributed by atoms with Gasteiger partial charge in [-0.1, -0.05) is 6.42 Å². The predicted molar refractivity (Wildman–Crippen MR) is 73.3 cm³/mol. The lowest BCUT2D eigenvalue weighted by atomic mass is 9.88. The lowest BCUT2D eigenvalue weighted by Gasteiger charge is -2.23. The molecule has 3 nitrogen and oxygen atoms in total. The van der Waals surface area contributed by atoms with E-state index in [4.69, 9.17) is 0 Å². The van der Waals surface area contributed by atoms with E-state index >= 15 is 0 Å². The third-order valence-corrected chi connectivity index (χ3v) is 5.05. The van der Waals surface area contributed by atoms with Crippen molar-refractivity contribution < 1.29 is 0 Å². The molecule has 100 valence electrons. The molecule has 0 spiro atoms. The second kappa shape index (κ2) is 5.04. The monoisotopic (exact) mass is 247 g/mol. The van der Waals surface area contributed by atoms with Crippen molar-refractivity contribution in [1.82, 2.24) is 15.1 Å². The Morgan fingerprint density at radius 1 is 1.44 bits per heavy atom. The Kier molecular flexibility index (Phi) is 3.42. The van der Waals surface area contributed by atoms with E-state index in [0.29, 0.717) is 6.04 Å². The summed E-state index contributed by atoms with van der Waals surface area (Å²) in [7, 11) is 0. The molecule has 3 heteroatoms. The molecular weight excluding hydrogens is 222 g/mol. The number of fused-ring (bicyclic) bond motifs is 2. The van der Waals surface area contributed by atoms with E-state index in [1.807, 2.05) is 10.9 Å². The van der Waals surface area contributed by atoms with Gasteiger partial charge in [0.2, 0.25) is 0 Å². The maximum atomic E-state index is 4.35. The van der Waals surface area contributed by atoms with Crippen LogP contribution in [0.4, 0.5) is 0 Å². The van der Waals surface area contributed by atoms with Crippen LogP contribution in [0.3, 0.4) is 0 Å². The maximum Gasteiger partial charge on any atom is 0.0537 e. The van der Waals surface area contributed by atoms with Gasteiger partial charge in [0.15, 0.2) is 0 Å². The number of nitrogens with one attached hydrogen (secondary N) is 1. The molecule has 0 amide bonds. The summed E-state index contributed by atoms with van der Waals surface area (Å²) in [6.07, 6.45) is 10.1. The van der Waals surface area contributed by atoms with Gasteiger partial charge in [0.25, 0.3) is 0 Å². The molecule has 0 aromatic carbocycles. The quantitative estimate of drug-likeness (QED) is 0.867. The predicted octanol–water partition coefficient (Wildman–Crippen LogP) is 2.99. The molecule has 2 saturated carbocycles. The summed E-state index contributed by atoms with van der Waals surface area (Å²) in [5, 5.41) is 8.06. The molecule has 2 fully saturated rings. The van der Waals surface area contributed by atoms with E-state index in [2.05, 4.69) is 30.5 Å². The highest BCUT2D eigenvalue weighted by Gasteiger charge is 2.39. The lowest BCUT2D eigenvalue weighted by Crippen LogP contribution is -2.28. The Morgan fingerprint density at radius 3 is 2.94 bits per heavy atom. The van der Waals surface area contributed by atoms with Crippen molar-refractivity contribution in [3.63, 3.8) is 0 Å². The van der Waals surface area contributed by atoms with Gasteiger partial charge >= 0.3 is 0 Å². The molecule has 2 aliphatic carbocycles. The van der Waals surface area contributed by atoms with Crippen LogP contribution in [-0.4, -0.2) is 16.3 Å². The van der Waals surface area contributed by atoms with Gasteiger partial charge in [0.05, 0.1) is 6.20 Å². The van der Waals surface area contributed by atoms with Crippen LogP contribution in [0.5, 0.6) is 0 Å². The van der Waals surface area contributed by atoms with Gasteiger partial charge in [-0.05, 0) is 57.4 Å². The molecule has 1 aromatic rings. The van der Waals surface area contributed by atoms with Crippen molar-refractivity contribution in [2.75, 3.05) is 6.54 Å². The summed E-state index contributed by atoms with van der Waals surface area (Å²) in [6.45, 7) is 6.53. The van der Waals surface area contributed by atoms with Crippen LogP contribution in [0.1, 0.15) is 51.1 Å². The second-order valence-electron chi connectivity index (χ2n) is 6.19. The summed E-state index contributed by atoms with van der Waals surface area (Å²) < 4.78 is 2.01. The Hall–Kier alpha value is -0.830. The first-order chi connectivity index (χ1) is 8.76. The van der Waals surface area contributed by atoms with Gasteiger partial charge in [-0.15, -0.1) is 0 Å². The Labute approximate surface area is 110 Å². The van der Waals surface area contributed by atoms with E-state index in [9.17, 15) is 0 Å². The van der Waals surface area contributed by atoms with Crippen LogP contribution < -0.4 is 5.32 Å². The fourth-order valence-corrected chi connectivity index (χ4v) is 3.85. The first-order valence-corrected chi connectivity index (χ1v) is 7.52. The number of nitrogens with zero attached hydrogens (tertiary/aromatic N) is 2. The Bertz CT molecular complexity index is 398. The fourth-order valence-electron chi connectivity index (χ4n) is 3.85. The SMILES string of the molecule is CCn1cc(C(C)NCC2CC3CCC2C3)cn1. The van der Waals surface area contributed by atoms with Gasteiger partial charge in [0, 0.05) is 24.3 Å². The minimum Gasteiger partial charge on any atom is -0.310 e. The lowest BCUT2D eigenvalue weighted by molar-refractivity contribution is 0.309. The molecule has 1 N–H and O–H groups in total. The number of rotatable bonds is 5. The van der Waals surface area contributed by atoms with Crippen LogP contribution in [-0.2, 0) is 6.54 Å². The van der Waals surface area contributed by atoms with Crippen molar-refractivity contribution in [2.45, 2.75) is 52.1 Å². The number of aromatic nitrogens is 2. The topological polar surface area (TPSA) is 29.9 Å². The van der Waals surface area contributed by atoms with Crippen LogP contribution in [0.25, 0.3) is 0 Å². The Balaban J connectivity index is 1.50. The molecule has 18 heavy (non-hydrogen) atoms. The van der Waals surface area contributed by atoms with Gasteiger partial charge in [-0.25, -0.2) is 0 Å². The van der Waals surface area contributed by atoms with Crippen molar-refractivity contribution >= 4 is 0 Å². The normalized spacial score (nSPS) is 32.0. The summed E-state index contributed by atoms with van der Waals surface area (Å²) >= 11 is 0. The maximum absolute atomic E-state index is 4.35. The van der Waals surface area contributed by atoms with E-state index in [1.54, 1.807) is 0 Å². The first kappa shape index (κ1) is 12.2. The zero-order valence-corrected chi connectivity index (χ0v) is 11.6. The fraction of sp³-hybridized carbons (Fsp3) is 0.800. The van der Waals surface area contributed by atoms with Gasteiger partial charge in [-0.3, -0.25) is 4.68 Å².